The van der Waals surface area contributed by atoms with Gasteiger partial charge >= 0.3 is 0 Å². The highest BCUT2D eigenvalue weighted by atomic mass is 35.5. The van der Waals surface area contributed by atoms with E-state index in [1.165, 1.54) is 61.3 Å². The third kappa shape index (κ3) is 13.4. The molecule has 6 rings (SSSR count). The molecule has 0 saturated heterocycles. The van der Waals surface area contributed by atoms with Crippen molar-refractivity contribution >= 4 is 90.1 Å². The summed E-state index contributed by atoms with van der Waals surface area (Å²) in [4.78, 5) is 41.2. The second kappa shape index (κ2) is 24.5. The van der Waals surface area contributed by atoms with Crippen LogP contribution in [0.25, 0.3) is 16.6 Å². The Kier molecular flexibility index (Phi) is 18.7. The Balaban J connectivity index is 1.41. The summed E-state index contributed by atoms with van der Waals surface area (Å²) in [5.41, 5.74) is 2.36. The largest absolute Gasteiger partial charge is 0.491 e. The maximum Gasteiger partial charge on any atom is 0.278 e. The van der Waals surface area contributed by atoms with Crippen molar-refractivity contribution in [2.24, 2.45) is 4.99 Å². The number of hydrogen-bond donors (Lipinski definition) is 3. The number of halogens is 3. The molecule has 0 radical (unpaired) electrons. The molecule has 16 heteroatoms. The lowest BCUT2D eigenvalue weighted by atomic mass is 10.1. The number of aliphatic hydroxyl groups excluding tert-OH is 1. The number of anilines is 3. The van der Waals surface area contributed by atoms with E-state index in [0.717, 1.165) is 37.4 Å². The smallest absolute Gasteiger partial charge is 0.278 e. The van der Waals surface area contributed by atoms with Crippen LogP contribution >= 0.6 is 34.8 Å². The second-order valence-corrected chi connectivity index (χ2v) is 19.0. The molecular weight excluding hydrogens is 931 g/mol. The van der Waals surface area contributed by atoms with Crippen molar-refractivity contribution in [3.05, 3.63) is 140 Å². The molecule has 0 bridgehead atoms. The first-order valence-electron chi connectivity index (χ1n) is 22.7. The molecule has 1 amide bonds. The van der Waals surface area contributed by atoms with Crippen LogP contribution in [0, 0.1) is 6.92 Å². The summed E-state index contributed by atoms with van der Waals surface area (Å²) >= 11 is 18.6. The van der Waals surface area contributed by atoms with Crippen LogP contribution < -0.4 is 25.2 Å². The maximum atomic E-state index is 15.1. The van der Waals surface area contributed by atoms with Gasteiger partial charge in [-0.3, -0.25) is 18.9 Å². The number of fused-ring (bicyclic) bond motifs is 1. The summed E-state index contributed by atoms with van der Waals surface area (Å²) in [5, 5.41) is 12.9. The van der Waals surface area contributed by atoms with Gasteiger partial charge in [0.1, 0.15) is 10.6 Å². The number of nitrogens with zero attached hydrogens (tertiary/aromatic N) is 4. The number of likely N-dealkylation sites (N-methyl/N-ethyl adjacent to an activating group) is 1. The van der Waals surface area contributed by atoms with Crippen molar-refractivity contribution in [2.75, 3.05) is 41.2 Å². The highest BCUT2D eigenvalue weighted by molar-refractivity contribution is 7.92. The fourth-order valence-corrected chi connectivity index (χ4v) is 9.73. The molecule has 0 aliphatic heterocycles. The van der Waals surface area contributed by atoms with Crippen LogP contribution in [0.4, 0.5) is 22.7 Å². The molecule has 0 saturated carbocycles. The Bertz CT molecular complexity index is 2860. The topological polar surface area (TPSA) is 155 Å². The molecule has 12 nitrogen and oxygen atoms in total. The maximum absolute atomic E-state index is 15.1. The normalized spacial score (nSPS) is 11.8. The van der Waals surface area contributed by atoms with Gasteiger partial charge in [-0.1, -0.05) is 130 Å². The minimum absolute atomic E-state index is 0.00376. The first-order chi connectivity index (χ1) is 32.3. The Hall–Kier alpha value is -5.44. The van der Waals surface area contributed by atoms with Crippen LogP contribution in [0.15, 0.2) is 118 Å². The highest BCUT2D eigenvalue weighted by Gasteiger charge is 2.26. The number of aliphatic hydroxyl groups is 1. The van der Waals surface area contributed by atoms with Gasteiger partial charge in [0.15, 0.2) is 11.5 Å². The number of carbonyl (C=O) groups is 1. The van der Waals surface area contributed by atoms with Crippen molar-refractivity contribution in [1.29, 1.82) is 0 Å². The third-order valence-electron chi connectivity index (χ3n) is 11.2. The average molecular weight is 988 g/mol. The fraction of sp³-hybridized carbons (Fsp3) is 0.333. The molecule has 67 heavy (non-hydrogen) atoms. The van der Waals surface area contributed by atoms with Gasteiger partial charge in [-0.2, -0.15) is 0 Å². The lowest BCUT2D eigenvalue weighted by Gasteiger charge is -2.23. The van der Waals surface area contributed by atoms with E-state index in [9.17, 15) is 18.3 Å². The Morgan fingerprint density at radius 1 is 0.806 bits per heavy atom. The van der Waals surface area contributed by atoms with Crippen LogP contribution in [0.2, 0.25) is 15.1 Å². The Labute approximate surface area is 408 Å². The molecular formula is C51H57Cl3N6O6S. The molecule has 0 unspecified atom stereocenters. The summed E-state index contributed by atoms with van der Waals surface area (Å²) < 4.78 is 37.7. The number of aryl methyl sites for hydroxylation is 1. The van der Waals surface area contributed by atoms with E-state index in [1.807, 2.05) is 36.9 Å². The zero-order valence-corrected chi connectivity index (χ0v) is 41.1. The van der Waals surface area contributed by atoms with Gasteiger partial charge in [-0.05, 0) is 98.6 Å². The van der Waals surface area contributed by atoms with Gasteiger partial charge in [0, 0.05) is 18.8 Å². The first kappa shape index (κ1) is 51.0. The minimum Gasteiger partial charge on any atom is -0.491 e. The molecule has 0 atom stereocenters. The Morgan fingerprint density at radius 3 is 2.16 bits per heavy atom. The van der Waals surface area contributed by atoms with E-state index >= 15 is 4.79 Å². The van der Waals surface area contributed by atoms with Gasteiger partial charge in [0.05, 0.1) is 61.9 Å². The number of para-hydroxylation sites is 2. The summed E-state index contributed by atoms with van der Waals surface area (Å²) in [6, 6.07) is 28.2. The molecule has 5 aromatic carbocycles. The molecule has 0 aliphatic rings. The number of amides is 1. The van der Waals surface area contributed by atoms with Crippen LogP contribution in [-0.2, 0) is 14.8 Å². The summed E-state index contributed by atoms with van der Waals surface area (Å²) in [6.45, 7) is 7.45. The van der Waals surface area contributed by atoms with Gasteiger partial charge in [0.2, 0.25) is 0 Å². The summed E-state index contributed by atoms with van der Waals surface area (Å²) in [5.74, 6) is -0.525. The molecule has 1 aromatic heterocycles. The summed E-state index contributed by atoms with van der Waals surface area (Å²) in [6.07, 6.45) is 11.4. The molecule has 1 heterocycles. The number of sulfonamides is 1. The number of ether oxygens (including phenoxy) is 1. The molecule has 6 aromatic rings. The van der Waals surface area contributed by atoms with Crippen molar-refractivity contribution in [3.63, 3.8) is 0 Å². The monoisotopic (exact) mass is 986 g/mol. The lowest BCUT2D eigenvalue weighted by Crippen LogP contribution is -2.33. The van der Waals surface area contributed by atoms with E-state index in [-0.39, 0.29) is 55.2 Å². The fourth-order valence-electron chi connectivity index (χ4n) is 7.67. The third-order valence-corrected chi connectivity index (χ3v) is 13.8. The van der Waals surface area contributed by atoms with E-state index < -0.39 is 21.5 Å². The molecule has 0 spiro atoms. The minimum atomic E-state index is -4.33. The van der Waals surface area contributed by atoms with Crippen LogP contribution in [-0.4, -0.2) is 61.0 Å². The summed E-state index contributed by atoms with van der Waals surface area (Å²) in [7, 11) is -4.33. The zero-order valence-electron chi connectivity index (χ0n) is 38.0. The van der Waals surface area contributed by atoms with Crippen molar-refractivity contribution in [1.82, 2.24) is 9.55 Å². The number of carbonyl (C=O) groups excluding carboxylic acids is 1. The van der Waals surface area contributed by atoms with E-state index in [0.29, 0.717) is 47.5 Å². The second-order valence-electron chi connectivity index (χ2n) is 16.2. The van der Waals surface area contributed by atoms with Crippen LogP contribution in [0.1, 0.15) is 89.4 Å². The van der Waals surface area contributed by atoms with Crippen molar-refractivity contribution in [3.8, 4) is 11.4 Å². The quantitative estimate of drug-likeness (QED) is 0.0308. The van der Waals surface area contributed by atoms with Gasteiger partial charge in [-0.15, -0.1) is 0 Å². The van der Waals surface area contributed by atoms with Crippen LogP contribution in [0.3, 0.4) is 0 Å². The predicted molar refractivity (Wildman–Crippen MR) is 274 cm³/mol. The lowest BCUT2D eigenvalue weighted by molar-refractivity contribution is -0.110. The van der Waals surface area contributed by atoms with Crippen LogP contribution in [0.5, 0.6) is 5.75 Å². The van der Waals surface area contributed by atoms with Crippen molar-refractivity contribution < 1.29 is 23.1 Å². The standard InChI is InChI=1S/C51H57Cl3N6O6S/c1-4-6-7-8-9-10-11-12-13-19-30-66-46-27-24-36(58-67(64,65)47-34-41(53)40(52)33-42(47)54)32-45(46)57-50(62)48(55-43-26-25-38(31-35(43)3)59(5-2)28-29-61)49-56-44-23-18-17-22-39(44)51(63)60(49)37-20-15-14-16-21-37/h14-18,20-27,31-34,58,61H,4-13,19,28-30H2,1-3H3,(H,57,62). The molecule has 354 valence electrons. The number of benzene rings is 5. The van der Waals surface area contributed by atoms with E-state index in [1.54, 1.807) is 60.7 Å². The molecule has 0 aliphatic carbocycles. The first-order valence-corrected chi connectivity index (χ1v) is 25.3. The van der Waals surface area contributed by atoms with Gasteiger partial charge in [0.25, 0.3) is 21.5 Å². The molecule has 3 N–H and O–H groups in total. The SMILES string of the molecule is CCCCCCCCCCCCOc1ccc(NS(=O)(=O)c2cc(Cl)c(Cl)cc2Cl)cc1NC(=O)C(=Nc1ccc(N(CC)CCO)cc1C)c1nc2ccccc2c(=O)n1-c1ccccc1. The molecule has 0 fully saturated rings. The number of aliphatic imine (C=N–C) groups is 1. The highest BCUT2D eigenvalue weighted by Crippen LogP contribution is 2.35. The predicted octanol–water partition coefficient (Wildman–Crippen LogP) is 12.3. The Morgan fingerprint density at radius 2 is 1.48 bits per heavy atom. The average Bonchev–Trinajstić information content (AvgIpc) is 3.31. The number of rotatable bonds is 24. The van der Waals surface area contributed by atoms with Gasteiger partial charge in [-0.25, -0.2) is 18.4 Å². The number of nitrogens with one attached hydrogen (secondary N) is 2. The number of unbranched alkanes of at least 4 members (excludes halogenated alkanes) is 9. The van der Waals surface area contributed by atoms with Crippen molar-refractivity contribution in [2.45, 2.75) is 89.9 Å². The van der Waals surface area contributed by atoms with Gasteiger partial charge < -0.3 is 20.1 Å². The number of hydrogen-bond acceptors (Lipinski definition) is 9. The van der Waals surface area contributed by atoms with E-state index in [2.05, 4.69) is 17.0 Å². The zero-order chi connectivity index (χ0) is 47.9. The van der Waals surface area contributed by atoms with E-state index in [4.69, 9.17) is 49.5 Å². The number of aromatic nitrogens is 2.